The summed E-state index contributed by atoms with van der Waals surface area (Å²) in [5, 5.41) is 80.7. The van der Waals surface area contributed by atoms with Crippen LogP contribution in [-0.2, 0) is 33.2 Å². The number of aromatic hydroxyl groups is 8. The van der Waals surface area contributed by atoms with E-state index in [2.05, 4.69) is 18.6 Å². The van der Waals surface area contributed by atoms with Gasteiger partial charge in [-0.05, 0) is 204 Å². The maximum atomic E-state index is 11.5. The van der Waals surface area contributed by atoms with Crippen molar-refractivity contribution in [3.05, 3.63) is 239 Å². The van der Waals surface area contributed by atoms with Crippen LogP contribution in [0.4, 0.5) is 0 Å². The van der Waals surface area contributed by atoms with Crippen molar-refractivity contribution in [3.63, 3.8) is 0 Å². The van der Waals surface area contributed by atoms with Gasteiger partial charge in [0.25, 0.3) is 0 Å². The molecule has 0 aliphatic carbocycles. The summed E-state index contributed by atoms with van der Waals surface area (Å²) in [4.78, 5) is 88.9. The SMILES string of the molecule is CC(C)OC(=O)c1cccc(O)c1.CCCCCCOC(=O)c1cccc(O)c1.CCCCCOC(=O)c1cccc(O)c1.CCCCOC(=O)c1cccc(O)c1.CCCOC(=O)c1cccc(O)c1.CCOC(=O)c1cccc(O)c1.COC(=O)c1ccc(O)cc1.O=C(O)c1ccc(O)cc1. The molecule has 24 nitrogen and oxygen atoms in total. The lowest BCUT2D eigenvalue weighted by atomic mass is 10.2. The molecule has 9 N–H and O–H groups in total. The van der Waals surface area contributed by atoms with Gasteiger partial charge in [-0.3, -0.25) is 0 Å². The molecule has 0 aliphatic heterocycles. The molecule has 0 bridgehead atoms. The minimum absolute atomic E-state index is 0.0678. The average molecular weight is 1440 g/mol. The number of aromatic carboxylic acids is 1. The Morgan fingerprint density at radius 1 is 0.288 bits per heavy atom. The Balaban J connectivity index is 0.000000596. The maximum Gasteiger partial charge on any atom is 0.338 e. The Kier molecular flexibility index (Phi) is 46.5. The Hall–Kier alpha value is -12.1. The minimum Gasteiger partial charge on any atom is -0.508 e. The highest BCUT2D eigenvalue weighted by atomic mass is 16.6. The fourth-order valence-corrected chi connectivity index (χ4v) is 7.66. The zero-order valence-electron chi connectivity index (χ0n) is 59.8. The number of rotatable bonds is 24. The normalized spacial score (nSPS) is 9.70. The van der Waals surface area contributed by atoms with E-state index in [0.717, 1.165) is 51.4 Å². The number of esters is 7. The molecule has 0 radical (unpaired) electrons. The van der Waals surface area contributed by atoms with Crippen molar-refractivity contribution in [2.45, 2.75) is 119 Å². The van der Waals surface area contributed by atoms with Gasteiger partial charge in [-0.15, -0.1) is 0 Å². The first-order chi connectivity index (χ1) is 49.7. The standard InChI is InChI=1S/C13H18O3.C12H16O3.C11H14O3.2C10H12O3.C9H10O3.C8H8O3.C7H6O3/c1-2-3-4-5-9-16-13(15)11-7-6-8-12(14)10-11;1-2-3-4-8-15-12(14)10-6-5-7-11(13)9-10;1-2-3-7-14-11(13)9-5-4-6-10(12)8-9;1-7(2)13-10(12)8-4-3-5-9(11)6-8;1-2-6-13-10(12)8-4-3-5-9(11)7-8;1-2-12-9(11)7-4-3-5-8(10)6-7;1-11-8(10)6-2-4-7(9)5-3-6;8-6-3-1-5(2-4-6)7(9)10/h6-8,10,14H,2-5,9H2,1H3;5-7,9,13H,2-4,8H2,1H3;4-6,8,12H,2-3,7H2,1H3;3-7,11H,1-2H3;3-5,7,11H,2,6H2,1H3;3-6,10H,2H2,1H3;2-5,9H,1H3;1-4,8H,(H,9,10). The first-order valence-corrected chi connectivity index (χ1v) is 33.4. The number of carbonyl (C=O) groups is 8. The van der Waals surface area contributed by atoms with Gasteiger partial charge in [0.2, 0.25) is 0 Å². The van der Waals surface area contributed by atoms with Crippen LogP contribution < -0.4 is 0 Å². The number of carbonyl (C=O) groups excluding carboxylic acids is 7. The summed E-state index contributed by atoms with van der Waals surface area (Å²) >= 11 is 0. The molecule has 0 fully saturated rings. The van der Waals surface area contributed by atoms with Gasteiger partial charge in [-0.25, -0.2) is 38.4 Å². The Morgan fingerprint density at radius 3 is 0.846 bits per heavy atom. The molecular weight excluding hydrogens is 1340 g/mol. The predicted octanol–water partition coefficient (Wildman–Crippen LogP) is 16.0. The number of unbranched alkanes of at least 4 members (excludes halogenated alkanes) is 6. The topological polar surface area (TPSA) is 383 Å². The third-order valence-corrected chi connectivity index (χ3v) is 12.9. The number of methoxy groups -OCH3 is 1. The van der Waals surface area contributed by atoms with Gasteiger partial charge in [0.1, 0.15) is 46.0 Å². The van der Waals surface area contributed by atoms with E-state index < -0.39 is 29.8 Å². The molecule has 0 unspecified atom stereocenters. The maximum absolute atomic E-state index is 11.5. The molecule has 8 aromatic carbocycles. The molecule has 560 valence electrons. The molecule has 8 aromatic rings. The van der Waals surface area contributed by atoms with Crippen LogP contribution in [0.3, 0.4) is 0 Å². The van der Waals surface area contributed by atoms with Gasteiger partial charge in [0, 0.05) is 0 Å². The van der Waals surface area contributed by atoms with Crippen molar-refractivity contribution in [2.75, 3.05) is 40.1 Å². The second-order valence-electron chi connectivity index (χ2n) is 22.0. The minimum atomic E-state index is -0.986. The van der Waals surface area contributed by atoms with Gasteiger partial charge in [0.05, 0.1) is 90.8 Å². The molecule has 0 aliphatic rings. The summed E-state index contributed by atoms with van der Waals surface area (Å²) in [5.74, 6) is -3.05. The van der Waals surface area contributed by atoms with E-state index in [1.54, 1.807) is 93.6 Å². The molecular formula is C80H96O24. The van der Waals surface area contributed by atoms with Crippen LogP contribution >= 0.6 is 0 Å². The molecule has 0 atom stereocenters. The van der Waals surface area contributed by atoms with Gasteiger partial charge in [0.15, 0.2) is 0 Å². The number of phenols is 8. The largest absolute Gasteiger partial charge is 0.508 e. The van der Waals surface area contributed by atoms with Gasteiger partial charge in [-0.1, -0.05) is 103 Å². The van der Waals surface area contributed by atoms with Crippen LogP contribution in [0.5, 0.6) is 46.0 Å². The summed E-state index contributed by atoms with van der Waals surface area (Å²) in [6, 6.07) is 48.0. The highest BCUT2D eigenvalue weighted by Crippen LogP contribution is 2.18. The molecule has 0 saturated heterocycles. The predicted molar refractivity (Wildman–Crippen MR) is 390 cm³/mol. The number of benzene rings is 8. The highest BCUT2D eigenvalue weighted by molar-refractivity contribution is 5.93. The molecule has 0 heterocycles. The van der Waals surface area contributed by atoms with Gasteiger partial charge >= 0.3 is 47.8 Å². The van der Waals surface area contributed by atoms with Crippen molar-refractivity contribution in [3.8, 4) is 46.0 Å². The summed E-state index contributed by atoms with van der Waals surface area (Å²) in [7, 11) is 1.31. The van der Waals surface area contributed by atoms with Crippen LogP contribution in [0.1, 0.15) is 196 Å². The van der Waals surface area contributed by atoms with E-state index in [4.69, 9.17) is 69.3 Å². The number of hydrogen-bond donors (Lipinski definition) is 9. The third kappa shape index (κ3) is 41.5. The lowest BCUT2D eigenvalue weighted by Gasteiger charge is -2.07. The second-order valence-corrected chi connectivity index (χ2v) is 22.0. The summed E-state index contributed by atoms with van der Waals surface area (Å²) in [6.07, 6.45) is 9.89. The van der Waals surface area contributed by atoms with Crippen molar-refractivity contribution in [2.24, 2.45) is 0 Å². The van der Waals surface area contributed by atoms with Crippen molar-refractivity contribution in [1.29, 1.82) is 0 Å². The van der Waals surface area contributed by atoms with Crippen LogP contribution in [0.15, 0.2) is 194 Å². The molecule has 8 rings (SSSR count). The van der Waals surface area contributed by atoms with Crippen molar-refractivity contribution < 1.29 is 117 Å². The number of phenolic OH excluding ortho intramolecular Hbond substituents is 8. The summed E-state index contributed by atoms with van der Waals surface area (Å²) in [5.41, 5.74) is 2.92. The lowest BCUT2D eigenvalue weighted by molar-refractivity contribution is 0.0374. The van der Waals surface area contributed by atoms with Crippen LogP contribution in [0.25, 0.3) is 0 Å². The lowest BCUT2D eigenvalue weighted by Crippen LogP contribution is -2.11. The van der Waals surface area contributed by atoms with E-state index >= 15 is 0 Å². The number of carboxylic acids is 1. The number of carboxylic acid groups (broad SMARTS) is 1. The fourth-order valence-electron chi connectivity index (χ4n) is 7.66. The van der Waals surface area contributed by atoms with Crippen molar-refractivity contribution >= 4 is 47.8 Å². The first-order valence-electron chi connectivity index (χ1n) is 33.4. The Morgan fingerprint density at radius 2 is 0.567 bits per heavy atom. The molecule has 24 heteroatoms. The van der Waals surface area contributed by atoms with E-state index in [1.807, 2.05) is 13.8 Å². The number of hydrogen-bond acceptors (Lipinski definition) is 23. The zero-order chi connectivity index (χ0) is 77.6. The van der Waals surface area contributed by atoms with E-state index in [-0.39, 0.29) is 75.6 Å². The summed E-state index contributed by atoms with van der Waals surface area (Å²) in [6.45, 7) is 15.6. The molecule has 104 heavy (non-hydrogen) atoms. The summed E-state index contributed by atoms with van der Waals surface area (Å²) < 4.78 is 34.1. The van der Waals surface area contributed by atoms with Crippen molar-refractivity contribution in [1.82, 2.24) is 0 Å². The quantitative estimate of drug-likeness (QED) is 0.0154. The monoisotopic (exact) mass is 1440 g/mol. The smallest absolute Gasteiger partial charge is 0.338 e. The molecule has 0 amide bonds. The van der Waals surface area contributed by atoms with Crippen LogP contribution in [0.2, 0.25) is 0 Å². The number of ether oxygens (including phenoxy) is 7. The third-order valence-electron chi connectivity index (χ3n) is 12.9. The van der Waals surface area contributed by atoms with Gasteiger partial charge < -0.3 is 79.1 Å². The fraction of sp³-hybridized carbons (Fsp3) is 0.300. The molecule has 0 spiro atoms. The Labute approximate surface area is 606 Å². The van der Waals surface area contributed by atoms with E-state index in [9.17, 15) is 43.5 Å². The Bertz CT molecular complexity index is 3810. The van der Waals surface area contributed by atoms with E-state index in [1.165, 1.54) is 141 Å². The molecule has 0 aromatic heterocycles. The highest BCUT2D eigenvalue weighted by Gasteiger charge is 2.13. The van der Waals surface area contributed by atoms with E-state index in [0.29, 0.717) is 72.0 Å². The zero-order valence-corrected chi connectivity index (χ0v) is 59.8. The van der Waals surface area contributed by atoms with Gasteiger partial charge in [-0.2, -0.15) is 0 Å². The van der Waals surface area contributed by atoms with Crippen LogP contribution in [0, 0.1) is 0 Å². The first kappa shape index (κ1) is 89.9. The van der Waals surface area contributed by atoms with Crippen LogP contribution in [-0.4, -0.2) is 140 Å². The second kappa shape index (κ2) is 53.8. The molecule has 0 saturated carbocycles. The average Bonchev–Trinajstić information content (AvgIpc) is 0.949.